The van der Waals surface area contributed by atoms with E-state index in [1.165, 1.54) is 12.8 Å². The predicted octanol–water partition coefficient (Wildman–Crippen LogP) is 1.17. The Morgan fingerprint density at radius 3 is 2.88 bits per heavy atom. The molecule has 1 saturated carbocycles. The van der Waals surface area contributed by atoms with Crippen molar-refractivity contribution in [3.05, 3.63) is 12.2 Å². The van der Waals surface area contributed by atoms with Gasteiger partial charge in [0.15, 0.2) is 0 Å². The van der Waals surface area contributed by atoms with Crippen molar-refractivity contribution in [1.29, 1.82) is 0 Å². The van der Waals surface area contributed by atoms with Crippen LogP contribution >= 0.6 is 0 Å². The number of likely N-dealkylation sites (N-methyl/N-ethyl adjacent to an activating group) is 1. The largest absolute Gasteiger partial charge is 0.316 e. The van der Waals surface area contributed by atoms with Crippen LogP contribution in [-0.2, 0) is 0 Å². The number of hydrogen-bond acceptors (Lipinski definition) is 1. The molecule has 1 aliphatic rings. The number of nitrogens with one attached hydrogen (secondary N) is 1. The summed E-state index contributed by atoms with van der Waals surface area (Å²) in [6.07, 6.45) is 7.34. The lowest BCUT2D eigenvalue weighted by molar-refractivity contribution is 0.911. The zero-order chi connectivity index (χ0) is 5.82. The van der Waals surface area contributed by atoms with Crippen LogP contribution in [0.1, 0.15) is 12.8 Å². The van der Waals surface area contributed by atoms with Crippen molar-refractivity contribution in [3.8, 4) is 0 Å². The van der Waals surface area contributed by atoms with Crippen molar-refractivity contribution in [2.24, 2.45) is 5.92 Å². The molecular weight excluding hydrogens is 98.1 g/mol. The Balaban J connectivity index is 1.96. The minimum Gasteiger partial charge on any atom is -0.316 e. The highest BCUT2D eigenvalue weighted by Gasteiger charge is 2.16. The van der Waals surface area contributed by atoms with Crippen LogP contribution in [0.15, 0.2) is 12.2 Å². The summed E-state index contributed by atoms with van der Waals surface area (Å²) in [5, 5.41) is 3.06. The van der Waals surface area contributed by atoms with Gasteiger partial charge >= 0.3 is 0 Å². The van der Waals surface area contributed by atoms with Crippen LogP contribution in [0.4, 0.5) is 0 Å². The Hall–Kier alpha value is -0.300. The molecule has 1 heteroatoms. The van der Waals surface area contributed by atoms with Crippen LogP contribution in [-0.4, -0.2) is 13.6 Å². The normalized spacial score (nSPS) is 20.1. The molecule has 0 aliphatic heterocycles. The van der Waals surface area contributed by atoms with Crippen molar-refractivity contribution < 1.29 is 0 Å². The summed E-state index contributed by atoms with van der Waals surface area (Å²) in [5.74, 6) is 0.934. The average Bonchev–Trinajstić information content (AvgIpc) is 2.51. The maximum absolute atomic E-state index is 3.06. The number of rotatable bonds is 3. The third-order valence-electron chi connectivity index (χ3n) is 1.35. The topological polar surface area (TPSA) is 12.0 Å². The molecule has 46 valence electrons. The zero-order valence-electron chi connectivity index (χ0n) is 5.35. The van der Waals surface area contributed by atoms with Crippen LogP contribution in [0, 0.1) is 5.92 Å². The molecule has 0 radical (unpaired) electrons. The average molecular weight is 111 g/mol. The summed E-state index contributed by atoms with van der Waals surface area (Å²) in [5.41, 5.74) is 0. The highest BCUT2D eigenvalue weighted by atomic mass is 14.8. The SMILES string of the molecule is CNCC=CC1CC1. The Bertz CT molecular complexity index is 82.4. The van der Waals surface area contributed by atoms with Gasteiger partial charge in [-0.25, -0.2) is 0 Å². The van der Waals surface area contributed by atoms with E-state index < -0.39 is 0 Å². The van der Waals surface area contributed by atoms with Crippen LogP contribution in [0.2, 0.25) is 0 Å². The minimum atomic E-state index is 0.934. The second-order valence-corrected chi connectivity index (χ2v) is 2.32. The molecule has 0 heterocycles. The van der Waals surface area contributed by atoms with Gasteiger partial charge in [0.2, 0.25) is 0 Å². The van der Waals surface area contributed by atoms with Gasteiger partial charge < -0.3 is 5.32 Å². The lowest BCUT2D eigenvalue weighted by Gasteiger charge is -1.84. The molecule has 1 fully saturated rings. The molecule has 0 aromatic heterocycles. The molecule has 0 atom stereocenters. The van der Waals surface area contributed by atoms with Gasteiger partial charge in [-0.1, -0.05) is 12.2 Å². The van der Waals surface area contributed by atoms with E-state index in [2.05, 4.69) is 17.5 Å². The number of allylic oxidation sites excluding steroid dienone is 1. The number of hydrogen-bond donors (Lipinski definition) is 1. The molecule has 0 saturated heterocycles. The molecule has 0 amide bonds. The van der Waals surface area contributed by atoms with Gasteiger partial charge in [-0.05, 0) is 25.8 Å². The Morgan fingerprint density at radius 1 is 1.62 bits per heavy atom. The van der Waals surface area contributed by atoms with Gasteiger partial charge in [-0.2, -0.15) is 0 Å². The van der Waals surface area contributed by atoms with Gasteiger partial charge in [-0.15, -0.1) is 0 Å². The second-order valence-electron chi connectivity index (χ2n) is 2.32. The summed E-state index contributed by atoms with van der Waals surface area (Å²) in [6, 6.07) is 0. The first-order chi connectivity index (χ1) is 3.93. The van der Waals surface area contributed by atoms with E-state index in [4.69, 9.17) is 0 Å². The van der Waals surface area contributed by atoms with Crippen LogP contribution in [0.25, 0.3) is 0 Å². The predicted molar refractivity (Wildman–Crippen MR) is 35.8 cm³/mol. The summed E-state index contributed by atoms with van der Waals surface area (Å²) >= 11 is 0. The van der Waals surface area contributed by atoms with E-state index in [0.29, 0.717) is 0 Å². The highest BCUT2D eigenvalue weighted by molar-refractivity contribution is 4.96. The first-order valence-electron chi connectivity index (χ1n) is 3.24. The van der Waals surface area contributed by atoms with E-state index in [-0.39, 0.29) is 0 Å². The molecule has 0 bridgehead atoms. The van der Waals surface area contributed by atoms with Crippen molar-refractivity contribution >= 4 is 0 Å². The first-order valence-corrected chi connectivity index (χ1v) is 3.24. The Morgan fingerprint density at radius 2 is 2.38 bits per heavy atom. The van der Waals surface area contributed by atoms with Crippen LogP contribution in [0.3, 0.4) is 0 Å². The molecule has 1 rings (SSSR count). The second kappa shape index (κ2) is 2.88. The molecule has 1 N–H and O–H groups in total. The van der Waals surface area contributed by atoms with Gasteiger partial charge in [0.05, 0.1) is 0 Å². The maximum atomic E-state index is 3.06. The molecule has 1 nitrogen and oxygen atoms in total. The van der Waals surface area contributed by atoms with Crippen molar-refractivity contribution in [3.63, 3.8) is 0 Å². The van der Waals surface area contributed by atoms with E-state index in [0.717, 1.165) is 12.5 Å². The van der Waals surface area contributed by atoms with Crippen molar-refractivity contribution in [1.82, 2.24) is 5.32 Å². The molecule has 1 aliphatic carbocycles. The fourth-order valence-corrected chi connectivity index (χ4v) is 0.667. The van der Waals surface area contributed by atoms with Crippen LogP contribution in [0.5, 0.6) is 0 Å². The quantitative estimate of drug-likeness (QED) is 0.539. The maximum Gasteiger partial charge on any atom is 0.0131 e. The molecule has 0 spiro atoms. The fraction of sp³-hybridized carbons (Fsp3) is 0.714. The van der Waals surface area contributed by atoms with E-state index in [1.54, 1.807) is 0 Å². The summed E-state index contributed by atoms with van der Waals surface area (Å²) in [4.78, 5) is 0. The van der Waals surface area contributed by atoms with Gasteiger partial charge in [0, 0.05) is 6.54 Å². The summed E-state index contributed by atoms with van der Waals surface area (Å²) in [6.45, 7) is 1.02. The molecule has 8 heavy (non-hydrogen) atoms. The van der Waals surface area contributed by atoms with Crippen LogP contribution < -0.4 is 5.32 Å². The highest BCUT2D eigenvalue weighted by Crippen LogP contribution is 2.29. The summed E-state index contributed by atoms with van der Waals surface area (Å²) < 4.78 is 0. The molecule has 0 aromatic rings. The minimum absolute atomic E-state index is 0.934. The Kier molecular flexibility index (Phi) is 2.10. The third-order valence-corrected chi connectivity index (χ3v) is 1.35. The van der Waals surface area contributed by atoms with E-state index in [9.17, 15) is 0 Å². The summed E-state index contributed by atoms with van der Waals surface area (Å²) in [7, 11) is 1.97. The van der Waals surface area contributed by atoms with E-state index >= 15 is 0 Å². The van der Waals surface area contributed by atoms with Gasteiger partial charge in [0.25, 0.3) is 0 Å². The lowest BCUT2D eigenvalue weighted by atomic mass is 10.4. The lowest BCUT2D eigenvalue weighted by Crippen LogP contribution is -2.03. The molecule has 0 unspecified atom stereocenters. The molecule has 0 aromatic carbocycles. The fourth-order valence-electron chi connectivity index (χ4n) is 0.667. The monoisotopic (exact) mass is 111 g/mol. The smallest absolute Gasteiger partial charge is 0.0131 e. The van der Waals surface area contributed by atoms with E-state index in [1.807, 2.05) is 7.05 Å². The van der Waals surface area contributed by atoms with Crippen molar-refractivity contribution in [2.75, 3.05) is 13.6 Å². The van der Waals surface area contributed by atoms with Gasteiger partial charge in [-0.3, -0.25) is 0 Å². The first kappa shape index (κ1) is 5.83. The third kappa shape index (κ3) is 2.12. The zero-order valence-corrected chi connectivity index (χ0v) is 5.35. The van der Waals surface area contributed by atoms with Crippen molar-refractivity contribution in [2.45, 2.75) is 12.8 Å². The Labute approximate surface area is 50.8 Å². The standard InChI is InChI=1S/C7H13N/c1-8-6-2-3-7-4-5-7/h2-3,7-8H,4-6H2,1H3. The molecular formula is C7H13N. The van der Waals surface area contributed by atoms with Gasteiger partial charge in [0.1, 0.15) is 0 Å².